The first-order chi connectivity index (χ1) is 15.8. The van der Waals surface area contributed by atoms with Crippen molar-refractivity contribution in [1.82, 2.24) is 4.90 Å². The summed E-state index contributed by atoms with van der Waals surface area (Å²) in [6.45, 7) is -1.59. The number of hydrogen-bond donors (Lipinski definition) is 0. The second-order valence-electron chi connectivity index (χ2n) is 7.49. The number of piperazine rings is 1. The van der Waals surface area contributed by atoms with Gasteiger partial charge in [-0.2, -0.15) is 18.4 Å². The SMILES string of the molecule is CS(=O)(=O)c1ccc(OCC(F)(F)F)c(C(=O)N2CCN(c3ccc(C#N)c(F)c3F)CC2)c1. The van der Waals surface area contributed by atoms with Gasteiger partial charge in [0.15, 0.2) is 28.1 Å². The average molecular weight is 503 g/mol. The molecule has 0 unspecified atom stereocenters. The van der Waals surface area contributed by atoms with Crippen LogP contribution in [0.15, 0.2) is 35.2 Å². The number of carbonyl (C=O) groups is 1. The molecule has 1 aliphatic heterocycles. The number of hydrogen-bond acceptors (Lipinski definition) is 6. The minimum atomic E-state index is -4.68. The number of carbonyl (C=O) groups excluding carboxylic acids is 1. The molecule has 0 saturated carbocycles. The summed E-state index contributed by atoms with van der Waals surface area (Å²) in [5.74, 6) is -3.70. The van der Waals surface area contributed by atoms with Crippen LogP contribution in [0.25, 0.3) is 0 Å². The summed E-state index contributed by atoms with van der Waals surface area (Å²) in [7, 11) is -3.77. The molecule has 34 heavy (non-hydrogen) atoms. The Hall–Kier alpha value is -3.40. The summed E-state index contributed by atoms with van der Waals surface area (Å²) in [6.07, 6.45) is -3.79. The molecule has 1 saturated heterocycles. The van der Waals surface area contributed by atoms with Crippen LogP contribution in [0.3, 0.4) is 0 Å². The van der Waals surface area contributed by atoms with Gasteiger partial charge in [-0.1, -0.05) is 0 Å². The maximum atomic E-state index is 14.3. The van der Waals surface area contributed by atoms with Gasteiger partial charge in [0, 0.05) is 32.4 Å². The molecular formula is C21H18F5N3O4S. The lowest BCUT2D eigenvalue weighted by molar-refractivity contribution is -0.153. The molecule has 0 spiro atoms. The van der Waals surface area contributed by atoms with Crippen LogP contribution in [0.4, 0.5) is 27.6 Å². The normalized spacial score (nSPS) is 14.6. The Morgan fingerprint density at radius 2 is 1.74 bits per heavy atom. The third-order valence-electron chi connectivity index (χ3n) is 5.09. The highest BCUT2D eigenvalue weighted by Crippen LogP contribution is 2.29. The molecule has 0 aromatic heterocycles. The lowest BCUT2D eigenvalue weighted by Crippen LogP contribution is -2.49. The predicted octanol–water partition coefficient (Wildman–Crippen LogP) is 3.14. The highest BCUT2D eigenvalue weighted by atomic mass is 32.2. The zero-order valence-electron chi connectivity index (χ0n) is 17.7. The fourth-order valence-corrected chi connectivity index (χ4v) is 4.03. The Bertz CT molecular complexity index is 1250. The second kappa shape index (κ2) is 9.46. The van der Waals surface area contributed by atoms with E-state index in [1.807, 2.05) is 0 Å². The van der Waals surface area contributed by atoms with Gasteiger partial charge in [0.1, 0.15) is 11.8 Å². The van der Waals surface area contributed by atoms with Gasteiger partial charge in [-0.15, -0.1) is 0 Å². The van der Waals surface area contributed by atoms with E-state index in [0.29, 0.717) is 0 Å². The van der Waals surface area contributed by atoms with Crippen LogP contribution in [0.5, 0.6) is 5.75 Å². The molecule has 1 amide bonds. The highest BCUT2D eigenvalue weighted by molar-refractivity contribution is 7.90. The molecule has 13 heteroatoms. The summed E-state index contributed by atoms with van der Waals surface area (Å²) >= 11 is 0. The monoisotopic (exact) mass is 503 g/mol. The number of halogens is 5. The van der Waals surface area contributed by atoms with Crippen LogP contribution >= 0.6 is 0 Å². The molecule has 1 fully saturated rings. The molecular weight excluding hydrogens is 485 g/mol. The van der Waals surface area contributed by atoms with Crippen molar-refractivity contribution in [3.63, 3.8) is 0 Å². The number of nitrogens with zero attached hydrogens (tertiary/aromatic N) is 3. The number of benzene rings is 2. The summed E-state index contributed by atoms with van der Waals surface area (Å²) in [4.78, 5) is 15.5. The molecule has 7 nitrogen and oxygen atoms in total. The number of amides is 1. The van der Waals surface area contributed by atoms with Crippen LogP contribution in [0.1, 0.15) is 15.9 Å². The van der Waals surface area contributed by atoms with Crippen LogP contribution < -0.4 is 9.64 Å². The standard InChI is InChI=1S/C21H18F5N3O4S/c1-34(31,32)14-3-5-17(33-12-21(24,25)26)15(10-14)20(30)29-8-6-28(7-9-29)16-4-2-13(11-27)18(22)19(16)23/h2-5,10H,6-9,12H2,1H3. The van der Waals surface area contributed by atoms with E-state index in [1.165, 1.54) is 21.9 Å². The Labute approximate surface area is 191 Å². The van der Waals surface area contributed by atoms with Gasteiger partial charge >= 0.3 is 6.18 Å². The molecule has 1 heterocycles. The lowest BCUT2D eigenvalue weighted by atomic mass is 10.1. The van der Waals surface area contributed by atoms with Crippen molar-refractivity contribution in [2.24, 2.45) is 0 Å². The van der Waals surface area contributed by atoms with Crippen molar-refractivity contribution in [2.45, 2.75) is 11.1 Å². The fourth-order valence-electron chi connectivity index (χ4n) is 3.38. The molecule has 0 N–H and O–H groups in total. The van der Waals surface area contributed by atoms with Crippen molar-refractivity contribution in [2.75, 3.05) is 43.9 Å². The fraction of sp³-hybridized carbons (Fsp3) is 0.333. The van der Waals surface area contributed by atoms with Gasteiger partial charge in [-0.25, -0.2) is 17.2 Å². The van der Waals surface area contributed by atoms with E-state index >= 15 is 0 Å². The van der Waals surface area contributed by atoms with E-state index in [9.17, 15) is 35.2 Å². The third-order valence-corrected chi connectivity index (χ3v) is 6.20. The summed E-state index contributed by atoms with van der Waals surface area (Å²) < 4.78 is 94.6. The molecule has 182 valence electrons. The maximum Gasteiger partial charge on any atom is 0.422 e. The Morgan fingerprint density at radius 1 is 1.09 bits per heavy atom. The van der Waals surface area contributed by atoms with Crippen LogP contribution in [0.2, 0.25) is 0 Å². The van der Waals surface area contributed by atoms with Crippen molar-refractivity contribution in [3.8, 4) is 11.8 Å². The Kier molecular flexibility index (Phi) is 7.02. The number of sulfone groups is 1. The van der Waals surface area contributed by atoms with Gasteiger partial charge in [-0.3, -0.25) is 4.79 Å². The summed E-state index contributed by atoms with van der Waals surface area (Å²) in [5.41, 5.74) is -0.916. The molecule has 0 bridgehead atoms. The molecule has 2 aromatic carbocycles. The number of ether oxygens (including phenoxy) is 1. The summed E-state index contributed by atoms with van der Waals surface area (Å²) in [5, 5.41) is 8.80. The van der Waals surface area contributed by atoms with E-state index in [2.05, 4.69) is 0 Å². The average Bonchev–Trinajstić information content (AvgIpc) is 2.78. The quantitative estimate of drug-likeness (QED) is 0.583. The number of anilines is 1. The molecule has 0 atom stereocenters. The first-order valence-corrected chi connectivity index (χ1v) is 11.7. The van der Waals surface area contributed by atoms with E-state index in [0.717, 1.165) is 30.5 Å². The molecule has 3 rings (SSSR count). The van der Waals surface area contributed by atoms with Crippen LogP contribution in [0, 0.1) is 23.0 Å². The zero-order valence-corrected chi connectivity index (χ0v) is 18.5. The van der Waals surface area contributed by atoms with E-state index in [-0.39, 0.29) is 42.3 Å². The molecule has 1 aliphatic rings. The van der Waals surface area contributed by atoms with Crippen LogP contribution in [-0.4, -0.2) is 64.4 Å². The minimum absolute atomic E-state index is 0.0122. The first-order valence-electron chi connectivity index (χ1n) is 9.78. The zero-order chi connectivity index (χ0) is 25.3. The highest BCUT2D eigenvalue weighted by Gasteiger charge is 2.31. The van der Waals surface area contributed by atoms with Crippen molar-refractivity contribution < 1.29 is 39.9 Å². The number of alkyl halides is 3. The maximum absolute atomic E-state index is 14.3. The lowest BCUT2D eigenvalue weighted by Gasteiger charge is -2.36. The third kappa shape index (κ3) is 5.56. The van der Waals surface area contributed by atoms with Gasteiger partial charge in [0.25, 0.3) is 5.91 Å². The van der Waals surface area contributed by atoms with Gasteiger partial charge in [0.05, 0.1) is 21.7 Å². The topological polar surface area (TPSA) is 90.7 Å². The largest absolute Gasteiger partial charge is 0.483 e. The van der Waals surface area contributed by atoms with Gasteiger partial charge < -0.3 is 14.5 Å². The molecule has 2 aromatic rings. The smallest absolute Gasteiger partial charge is 0.422 e. The van der Waals surface area contributed by atoms with Crippen LogP contribution in [-0.2, 0) is 9.84 Å². The predicted molar refractivity (Wildman–Crippen MR) is 110 cm³/mol. The Morgan fingerprint density at radius 3 is 2.29 bits per heavy atom. The second-order valence-corrected chi connectivity index (χ2v) is 9.50. The molecule has 0 aliphatic carbocycles. The number of rotatable bonds is 5. The first kappa shape index (κ1) is 25.2. The van der Waals surface area contributed by atoms with Crippen molar-refractivity contribution in [3.05, 3.63) is 53.1 Å². The van der Waals surface area contributed by atoms with E-state index in [4.69, 9.17) is 10.00 Å². The molecule has 0 radical (unpaired) electrons. The minimum Gasteiger partial charge on any atom is -0.483 e. The Balaban J connectivity index is 1.82. The van der Waals surface area contributed by atoms with Gasteiger partial charge in [0.2, 0.25) is 0 Å². The van der Waals surface area contributed by atoms with Crippen molar-refractivity contribution >= 4 is 21.4 Å². The van der Waals surface area contributed by atoms with E-state index in [1.54, 1.807) is 0 Å². The van der Waals surface area contributed by atoms with E-state index < -0.39 is 51.5 Å². The number of nitriles is 1. The van der Waals surface area contributed by atoms with Gasteiger partial charge in [-0.05, 0) is 30.3 Å². The summed E-state index contributed by atoms with van der Waals surface area (Å²) in [6, 6.07) is 6.89. The van der Waals surface area contributed by atoms with Crippen molar-refractivity contribution in [1.29, 1.82) is 5.26 Å².